The molecule has 110 valence electrons. The Morgan fingerprint density at radius 2 is 1.90 bits per heavy atom. The molecule has 20 heavy (non-hydrogen) atoms. The predicted octanol–water partition coefficient (Wildman–Crippen LogP) is 3.07. The summed E-state index contributed by atoms with van der Waals surface area (Å²) in [5, 5.41) is 3.09. The number of piperidine rings is 1. The summed E-state index contributed by atoms with van der Waals surface area (Å²) in [5.41, 5.74) is 1.16. The van der Waals surface area contributed by atoms with Crippen LogP contribution in [0.2, 0.25) is 0 Å². The zero-order valence-electron chi connectivity index (χ0n) is 12.4. The molecule has 3 nitrogen and oxygen atoms in total. The molecule has 1 saturated heterocycles. The molecule has 0 saturated carbocycles. The van der Waals surface area contributed by atoms with Crippen molar-refractivity contribution in [2.75, 3.05) is 25.9 Å². The summed E-state index contributed by atoms with van der Waals surface area (Å²) < 4.78 is 0. The van der Waals surface area contributed by atoms with Crippen molar-refractivity contribution in [2.24, 2.45) is 0 Å². The number of nitrogens with one attached hydrogen (secondary N) is 1. The van der Waals surface area contributed by atoms with Crippen LogP contribution in [-0.2, 0) is 4.79 Å². The normalized spacial score (nSPS) is 17.7. The maximum Gasteiger partial charge on any atom is 0.234 e. The minimum Gasteiger partial charge on any atom is -0.348 e. The molecule has 1 aromatic carbocycles. The minimum absolute atomic E-state index is 0.0724. The van der Waals surface area contributed by atoms with Crippen LogP contribution in [0.5, 0.6) is 0 Å². The van der Waals surface area contributed by atoms with E-state index in [-0.39, 0.29) is 11.9 Å². The maximum atomic E-state index is 12.1. The molecular formula is C16H24N2OS. The van der Waals surface area contributed by atoms with Crippen LogP contribution in [-0.4, -0.2) is 36.7 Å². The number of hydrogen-bond donors (Lipinski definition) is 1. The maximum absolute atomic E-state index is 12.1. The van der Waals surface area contributed by atoms with Crippen LogP contribution in [0.15, 0.2) is 29.2 Å². The lowest BCUT2D eigenvalue weighted by molar-refractivity contribution is -0.123. The van der Waals surface area contributed by atoms with Crippen LogP contribution in [0.1, 0.15) is 37.8 Å². The van der Waals surface area contributed by atoms with Crippen molar-refractivity contribution in [1.82, 2.24) is 10.2 Å². The molecule has 1 N–H and O–H groups in total. The van der Waals surface area contributed by atoms with E-state index in [9.17, 15) is 4.79 Å². The van der Waals surface area contributed by atoms with Crippen molar-refractivity contribution in [1.29, 1.82) is 0 Å². The number of amides is 1. The lowest BCUT2D eigenvalue weighted by atomic mass is 10.1. The van der Waals surface area contributed by atoms with Gasteiger partial charge in [-0.05, 0) is 56.8 Å². The van der Waals surface area contributed by atoms with Crippen LogP contribution in [0.25, 0.3) is 0 Å². The quantitative estimate of drug-likeness (QED) is 0.847. The first-order valence-electron chi connectivity index (χ1n) is 7.34. The monoisotopic (exact) mass is 292 g/mol. The Balaban J connectivity index is 1.82. The summed E-state index contributed by atoms with van der Waals surface area (Å²) in [6.45, 7) is 4.70. The van der Waals surface area contributed by atoms with Gasteiger partial charge in [-0.25, -0.2) is 0 Å². The second-order valence-corrected chi connectivity index (χ2v) is 6.28. The molecule has 0 spiro atoms. The van der Waals surface area contributed by atoms with Crippen molar-refractivity contribution in [3.8, 4) is 0 Å². The molecular weight excluding hydrogens is 268 g/mol. The Labute approximate surface area is 126 Å². The van der Waals surface area contributed by atoms with Gasteiger partial charge < -0.3 is 5.32 Å². The number of carbonyl (C=O) groups is 1. The highest BCUT2D eigenvalue weighted by Gasteiger charge is 2.15. The summed E-state index contributed by atoms with van der Waals surface area (Å²) in [5.74, 6) is 0.133. The second-order valence-electron chi connectivity index (χ2n) is 5.40. The molecule has 0 radical (unpaired) electrons. The molecule has 0 aliphatic carbocycles. The van der Waals surface area contributed by atoms with Crippen LogP contribution in [0, 0.1) is 0 Å². The van der Waals surface area contributed by atoms with Crippen molar-refractivity contribution >= 4 is 17.7 Å². The molecule has 4 heteroatoms. The van der Waals surface area contributed by atoms with Gasteiger partial charge >= 0.3 is 0 Å². The lowest BCUT2D eigenvalue weighted by Crippen LogP contribution is -2.40. The third-order valence-electron chi connectivity index (χ3n) is 3.81. The fourth-order valence-corrected chi connectivity index (χ4v) is 2.99. The van der Waals surface area contributed by atoms with Crippen LogP contribution < -0.4 is 5.32 Å². The van der Waals surface area contributed by atoms with Crippen LogP contribution in [0.3, 0.4) is 0 Å². The zero-order chi connectivity index (χ0) is 14.4. The van der Waals surface area contributed by atoms with E-state index in [1.54, 1.807) is 11.8 Å². The first kappa shape index (κ1) is 15.4. The van der Waals surface area contributed by atoms with Crippen molar-refractivity contribution in [2.45, 2.75) is 37.1 Å². The smallest absolute Gasteiger partial charge is 0.234 e. The summed E-state index contributed by atoms with van der Waals surface area (Å²) >= 11 is 1.73. The largest absolute Gasteiger partial charge is 0.348 e. The Morgan fingerprint density at radius 1 is 1.25 bits per heavy atom. The zero-order valence-corrected chi connectivity index (χ0v) is 13.2. The van der Waals surface area contributed by atoms with E-state index in [4.69, 9.17) is 0 Å². The van der Waals surface area contributed by atoms with Crippen LogP contribution >= 0.6 is 11.8 Å². The topological polar surface area (TPSA) is 32.3 Å². The average Bonchev–Trinajstić information content (AvgIpc) is 2.48. The van der Waals surface area contributed by atoms with Gasteiger partial charge in [-0.3, -0.25) is 9.69 Å². The fraction of sp³-hybridized carbons (Fsp3) is 0.562. The number of likely N-dealkylation sites (tertiary alicyclic amines) is 1. The SMILES string of the molecule is CSc1ccc(C(C)NC(=O)CN2CCCCC2)cc1. The van der Waals surface area contributed by atoms with Gasteiger partial charge in [0, 0.05) is 4.90 Å². The third kappa shape index (κ3) is 4.53. The number of thioether (sulfide) groups is 1. The highest BCUT2D eigenvalue weighted by molar-refractivity contribution is 7.98. The Kier molecular flexibility index (Phi) is 5.92. The van der Waals surface area contributed by atoms with Crippen LogP contribution in [0.4, 0.5) is 0 Å². The van der Waals surface area contributed by atoms with Gasteiger partial charge in [-0.15, -0.1) is 11.8 Å². The molecule has 0 bridgehead atoms. The van der Waals surface area contributed by atoms with E-state index in [0.717, 1.165) is 18.7 Å². The molecule has 1 heterocycles. The number of rotatable bonds is 5. The standard InChI is InChI=1S/C16H24N2OS/c1-13(14-6-8-15(20-2)9-7-14)17-16(19)12-18-10-4-3-5-11-18/h6-9,13H,3-5,10-12H2,1-2H3,(H,17,19). The number of hydrogen-bond acceptors (Lipinski definition) is 3. The Bertz CT molecular complexity index is 427. The predicted molar refractivity (Wildman–Crippen MR) is 85.1 cm³/mol. The third-order valence-corrected chi connectivity index (χ3v) is 4.55. The van der Waals surface area contributed by atoms with Crippen molar-refractivity contribution < 1.29 is 4.79 Å². The van der Waals surface area contributed by atoms with E-state index >= 15 is 0 Å². The molecule has 1 aromatic rings. The Morgan fingerprint density at radius 3 is 2.50 bits per heavy atom. The van der Waals surface area contributed by atoms with E-state index in [0.29, 0.717) is 6.54 Å². The van der Waals surface area contributed by atoms with Gasteiger partial charge in [0.1, 0.15) is 0 Å². The summed E-state index contributed by atoms with van der Waals surface area (Å²) in [7, 11) is 0. The lowest BCUT2D eigenvalue weighted by Gasteiger charge is -2.26. The molecule has 1 aliphatic heterocycles. The van der Waals surface area contributed by atoms with Crippen molar-refractivity contribution in [3.05, 3.63) is 29.8 Å². The molecule has 1 unspecified atom stereocenters. The Hall–Kier alpha value is -1.00. The van der Waals surface area contributed by atoms with Gasteiger partial charge in [0.2, 0.25) is 5.91 Å². The van der Waals surface area contributed by atoms with E-state index in [1.807, 2.05) is 6.92 Å². The summed E-state index contributed by atoms with van der Waals surface area (Å²) in [6, 6.07) is 8.47. The van der Waals surface area contributed by atoms with Gasteiger partial charge in [-0.2, -0.15) is 0 Å². The van der Waals surface area contributed by atoms with Crippen molar-refractivity contribution in [3.63, 3.8) is 0 Å². The molecule has 2 rings (SSSR count). The highest BCUT2D eigenvalue weighted by Crippen LogP contribution is 2.19. The number of carbonyl (C=O) groups excluding carboxylic acids is 1. The first-order chi connectivity index (χ1) is 9.69. The number of benzene rings is 1. The molecule has 1 atom stereocenters. The van der Waals surface area contributed by atoms with E-state index < -0.39 is 0 Å². The molecule has 1 aliphatic rings. The molecule has 1 fully saturated rings. The number of nitrogens with zero attached hydrogens (tertiary/aromatic N) is 1. The fourth-order valence-electron chi connectivity index (χ4n) is 2.58. The van der Waals surface area contributed by atoms with E-state index in [1.165, 1.54) is 24.2 Å². The second kappa shape index (κ2) is 7.70. The van der Waals surface area contributed by atoms with E-state index in [2.05, 4.69) is 40.7 Å². The van der Waals surface area contributed by atoms with Gasteiger partial charge in [0.15, 0.2) is 0 Å². The van der Waals surface area contributed by atoms with Gasteiger partial charge in [0.25, 0.3) is 0 Å². The highest BCUT2D eigenvalue weighted by atomic mass is 32.2. The van der Waals surface area contributed by atoms with Gasteiger partial charge in [-0.1, -0.05) is 18.6 Å². The first-order valence-corrected chi connectivity index (χ1v) is 8.57. The summed E-state index contributed by atoms with van der Waals surface area (Å²) in [4.78, 5) is 15.6. The van der Waals surface area contributed by atoms with Gasteiger partial charge in [0.05, 0.1) is 12.6 Å². The average molecular weight is 292 g/mol. The molecule has 1 amide bonds. The molecule has 0 aromatic heterocycles. The summed E-state index contributed by atoms with van der Waals surface area (Å²) in [6.07, 6.45) is 5.81. The minimum atomic E-state index is 0.0724.